The smallest absolute Gasteiger partial charge is 0.280 e. The Morgan fingerprint density at radius 2 is 1.30 bits per heavy atom. The first-order chi connectivity index (χ1) is 22.6. The minimum absolute atomic E-state index is 0.249. The lowest BCUT2D eigenvalue weighted by Gasteiger charge is -2.25. The van der Waals surface area contributed by atoms with Crippen molar-refractivity contribution < 1.29 is 19.1 Å². The lowest BCUT2D eigenvalue weighted by molar-refractivity contribution is -0.114. The summed E-state index contributed by atoms with van der Waals surface area (Å²) < 4.78 is 11.3. The van der Waals surface area contributed by atoms with E-state index in [-0.39, 0.29) is 11.5 Å². The maximum Gasteiger partial charge on any atom is 0.280 e. The molecule has 9 nitrogen and oxygen atoms in total. The third-order valence-corrected chi connectivity index (χ3v) is 7.29. The maximum absolute atomic E-state index is 13.2. The SMILES string of the molecule is CCCCCCCCN(CCOc1ccc(OC)cc1)c1ccc(N=C(C(=O)Nc2ccccc2)C(=O)Nc2ccccc2)nc1. The molecular weight excluding hydrogens is 578 g/mol. The molecule has 0 saturated heterocycles. The summed E-state index contributed by atoms with van der Waals surface area (Å²) in [6.07, 6.45) is 8.89. The number of methoxy groups -OCH3 is 1. The topological polar surface area (TPSA) is 105 Å². The lowest BCUT2D eigenvalue weighted by Crippen LogP contribution is -2.34. The first kappa shape index (κ1) is 33.7. The van der Waals surface area contributed by atoms with E-state index in [4.69, 9.17) is 9.47 Å². The quantitative estimate of drug-likeness (QED) is 0.0671. The average Bonchev–Trinajstić information content (AvgIpc) is 3.09. The molecule has 0 aliphatic carbocycles. The largest absolute Gasteiger partial charge is 0.497 e. The Labute approximate surface area is 271 Å². The monoisotopic (exact) mass is 621 g/mol. The van der Waals surface area contributed by atoms with Crippen LogP contribution in [0.3, 0.4) is 0 Å². The molecular formula is C37H43N5O4. The van der Waals surface area contributed by atoms with Crippen molar-refractivity contribution in [1.29, 1.82) is 0 Å². The number of amides is 2. The van der Waals surface area contributed by atoms with E-state index >= 15 is 0 Å². The average molecular weight is 622 g/mol. The Bertz CT molecular complexity index is 1460. The Hall–Kier alpha value is -5.18. The normalized spacial score (nSPS) is 10.5. The number of benzene rings is 3. The Morgan fingerprint density at radius 1 is 0.717 bits per heavy atom. The highest BCUT2D eigenvalue weighted by molar-refractivity contribution is 6.69. The zero-order valence-corrected chi connectivity index (χ0v) is 26.7. The Balaban J connectivity index is 1.49. The number of anilines is 3. The molecule has 0 spiro atoms. The number of hydrogen-bond donors (Lipinski definition) is 2. The van der Waals surface area contributed by atoms with Crippen LogP contribution in [0.2, 0.25) is 0 Å². The van der Waals surface area contributed by atoms with E-state index in [2.05, 4.69) is 32.4 Å². The number of para-hydroxylation sites is 2. The molecule has 0 radical (unpaired) electrons. The van der Waals surface area contributed by atoms with Gasteiger partial charge in [0.15, 0.2) is 11.5 Å². The summed E-state index contributed by atoms with van der Waals surface area (Å²) in [5.74, 6) is 0.540. The lowest BCUT2D eigenvalue weighted by atomic mass is 10.1. The summed E-state index contributed by atoms with van der Waals surface area (Å²) in [4.78, 5) is 37.7. The maximum atomic E-state index is 13.2. The van der Waals surface area contributed by atoms with Crippen molar-refractivity contribution in [3.05, 3.63) is 103 Å². The second kappa shape index (κ2) is 18.6. The van der Waals surface area contributed by atoms with Gasteiger partial charge in [0.1, 0.15) is 18.1 Å². The standard InChI is InChI=1S/C37H43N5O4/c1-3-4-5-6-7-14-25-42(26-27-46-33-22-20-32(45-2)21-23-33)31-19-24-34(38-28-31)41-35(36(43)39-29-15-10-8-11-16-29)37(44)40-30-17-12-9-13-18-30/h8-13,15-24,28H,3-7,14,25-27H2,1-2H3,(H,39,43)(H,40,44). The molecule has 2 N–H and O–H groups in total. The van der Waals surface area contributed by atoms with E-state index < -0.39 is 11.8 Å². The first-order valence-electron chi connectivity index (χ1n) is 15.8. The van der Waals surface area contributed by atoms with Gasteiger partial charge < -0.3 is 25.0 Å². The van der Waals surface area contributed by atoms with Crippen molar-refractivity contribution in [3.8, 4) is 11.5 Å². The molecule has 0 bridgehead atoms. The molecule has 4 rings (SSSR count). The van der Waals surface area contributed by atoms with Crippen LogP contribution in [0.4, 0.5) is 22.9 Å². The van der Waals surface area contributed by atoms with Crippen LogP contribution in [0.5, 0.6) is 11.5 Å². The van der Waals surface area contributed by atoms with Crippen molar-refractivity contribution >= 4 is 40.4 Å². The van der Waals surface area contributed by atoms with Gasteiger partial charge in [0, 0.05) is 17.9 Å². The van der Waals surface area contributed by atoms with Crippen molar-refractivity contribution in [1.82, 2.24) is 4.98 Å². The van der Waals surface area contributed by atoms with Crippen molar-refractivity contribution in [2.45, 2.75) is 45.4 Å². The second-order valence-electron chi connectivity index (χ2n) is 10.8. The zero-order valence-electron chi connectivity index (χ0n) is 26.7. The molecule has 0 aliphatic heterocycles. The number of nitrogens with zero attached hydrogens (tertiary/aromatic N) is 3. The molecule has 0 fully saturated rings. The van der Waals surface area contributed by atoms with Gasteiger partial charge in [0.25, 0.3) is 11.8 Å². The summed E-state index contributed by atoms with van der Waals surface area (Å²) in [5.41, 5.74) is 1.72. The summed E-state index contributed by atoms with van der Waals surface area (Å²) in [5, 5.41) is 5.51. The minimum atomic E-state index is -0.633. The molecule has 3 aromatic carbocycles. The first-order valence-corrected chi connectivity index (χ1v) is 15.8. The predicted molar refractivity (Wildman–Crippen MR) is 186 cm³/mol. The number of unbranched alkanes of at least 4 members (excludes halogenated alkanes) is 5. The van der Waals surface area contributed by atoms with Crippen LogP contribution in [0.25, 0.3) is 0 Å². The van der Waals surface area contributed by atoms with E-state index in [1.165, 1.54) is 25.7 Å². The summed E-state index contributed by atoms with van der Waals surface area (Å²) in [7, 11) is 1.64. The third-order valence-electron chi connectivity index (χ3n) is 7.29. The van der Waals surface area contributed by atoms with Gasteiger partial charge in [-0.25, -0.2) is 9.98 Å². The number of ether oxygens (including phenoxy) is 2. The summed E-state index contributed by atoms with van der Waals surface area (Å²) in [6.45, 7) is 4.23. The van der Waals surface area contributed by atoms with Gasteiger partial charge in [-0.1, -0.05) is 75.4 Å². The number of hydrogen-bond acceptors (Lipinski definition) is 7. The van der Waals surface area contributed by atoms with Crippen molar-refractivity contribution in [3.63, 3.8) is 0 Å². The molecule has 46 heavy (non-hydrogen) atoms. The molecule has 240 valence electrons. The third kappa shape index (κ3) is 11.1. The number of carbonyl (C=O) groups excluding carboxylic acids is 2. The fourth-order valence-electron chi connectivity index (χ4n) is 4.77. The Morgan fingerprint density at radius 3 is 1.87 bits per heavy atom. The minimum Gasteiger partial charge on any atom is -0.497 e. The van der Waals surface area contributed by atoms with E-state index in [0.29, 0.717) is 24.5 Å². The molecule has 1 heterocycles. The van der Waals surface area contributed by atoms with E-state index in [1.807, 2.05) is 42.5 Å². The van der Waals surface area contributed by atoms with Crippen molar-refractivity contribution in [2.24, 2.45) is 4.99 Å². The van der Waals surface area contributed by atoms with Crippen LogP contribution >= 0.6 is 0 Å². The molecule has 9 heteroatoms. The molecule has 1 aromatic heterocycles. The van der Waals surface area contributed by atoms with Crippen LogP contribution in [0, 0.1) is 0 Å². The molecule has 4 aromatic rings. The second-order valence-corrected chi connectivity index (χ2v) is 10.8. The molecule has 0 unspecified atom stereocenters. The molecule has 2 amide bonds. The highest BCUT2D eigenvalue weighted by Gasteiger charge is 2.22. The van der Waals surface area contributed by atoms with Crippen LogP contribution < -0.4 is 25.0 Å². The summed E-state index contributed by atoms with van der Waals surface area (Å²) in [6, 6.07) is 29.1. The van der Waals surface area contributed by atoms with Crippen LogP contribution in [0.1, 0.15) is 45.4 Å². The summed E-state index contributed by atoms with van der Waals surface area (Å²) >= 11 is 0. The number of carbonyl (C=O) groups is 2. The molecule has 0 saturated carbocycles. The zero-order chi connectivity index (χ0) is 32.4. The highest BCUT2D eigenvalue weighted by Crippen LogP contribution is 2.21. The van der Waals surface area contributed by atoms with Gasteiger partial charge in [-0.15, -0.1) is 0 Å². The van der Waals surface area contributed by atoms with E-state index in [0.717, 1.165) is 36.6 Å². The van der Waals surface area contributed by atoms with Crippen LogP contribution in [0.15, 0.2) is 108 Å². The van der Waals surface area contributed by atoms with Crippen LogP contribution in [-0.4, -0.2) is 49.3 Å². The number of aliphatic imine (C=N–C) groups is 1. The highest BCUT2D eigenvalue weighted by atomic mass is 16.5. The molecule has 0 atom stereocenters. The van der Waals surface area contributed by atoms with Gasteiger partial charge in [0.05, 0.1) is 25.5 Å². The van der Waals surface area contributed by atoms with Gasteiger partial charge in [-0.3, -0.25) is 9.59 Å². The fraction of sp³-hybridized carbons (Fsp3) is 0.297. The van der Waals surface area contributed by atoms with Gasteiger partial charge in [0.2, 0.25) is 0 Å². The van der Waals surface area contributed by atoms with E-state index in [1.54, 1.807) is 67.9 Å². The number of nitrogens with one attached hydrogen (secondary N) is 2. The van der Waals surface area contributed by atoms with E-state index in [9.17, 15) is 9.59 Å². The van der Waals surface area contributed by atoms with Crippen LogP contribution in [-0.2, 0) is 9.59 Å². The van der Waals surface area contributed by atoms with Gasteiger partial charge in [-0.2, -0.15) is 0 Å². The Kier molecular flexibility index (Phi) is 13.6. The molecule has 0 aliphatic rings. The number of pyridine rings is 1. The number of rotatable bonds is 18. The fourth-order valence-corrected chi connectivity index (χ4v) is 4.77. The number of aromatic nitrogens is 1. The van der Waals surface area contributed by atoms with Crippen molar-refractivity contribution in [2.75, 3.05) is 42.3 Å². The predicted octanol–water partition coefficient (Wildman–Crippen LogP) is 7.69. The van der Waals surface area contributed by atoms with Gasteiger partial charge >= 0.3 is 0 Å². The van der Waals surface area contributed by atoms with Gasteiger partial charge in [-0.05, 0) is 67.1 Å².